The van der Waals surface area contributed by atoms with Gasteiger partial charge in [-0.2, -0.15) is 0 Å². The van der Waals surface area contributed by atoms with Crippen molar-refractivity contribution < 1.29 is 14.4 Å². The van der Waals surface area contributed by atoms with Gasteiger partial charge < -0.3 is 20.9 Å². The number of fused-ring (bicyclic) bond motifs is 1. The lowest BCUT2D eigenvalue weighted by Gasteiger charge is -2.29. The maximum atomic E-state index is 13.4. The van der Waals surface area contributed by atoms with Crippen LogP contribution in [-0.2, 0) is 20.8 Å². The topological polar surface area (TPSA) is 90.5 Å². The fraction of sp³-hybridized carbons (Fsp3) is 0.567. The third-order valence-electron chi connectivity index (χ3n) is 7.21. The molecule has 3 N–H and O–H groups in total. The van der Waals surface area contributed by atoms with Crippen LogP contribution in [0.2, 0.25) is 0 Å². The van der Waals surface area contributed by atoms with Gasteiger partial charge in [0.05, 0.1) is 0 Å². The highest BCUT2D eigenvalue weighted by Crippen LogP contribution is 2.23. The number of hydrogen-bond donors (Lipinski definition) is 3. The highest BCUT2D eigenvalue weighted by molar-refractivity contribution is 5.93. The standard InChI is InChI=1S/C30H44N4O3/c1-5-23(6-2)30(37)34-17-9-12-27(34)29(36)33-26(28(35)32-16-15-31-20-21(3)4)19-22-13-14-24-10-7-8-11-25(24)18-22/h7-8,10-11,13-14,18,21,23,26-27,31H,5-6,9,12,15-17,19-20H2,1-4H3,(H,32,35)(H,33,36). The SMILES string of the molecule is CCC(CC)C(=O)N1CCCC1C(=O)NC(Cc1ccc2ccccc2c1)C(=O)NCCNCC(C)C. The largest absolute Gasteiger partial charge is 0.353 e. The number of nitrogens with one attached hydrogen (secondary N) is 3. The van der Waals surface area contributed by atoms with Gasteiger partial charge in [-0.3, -0.25) is 14.4 Å². The van der Waals surface area contributed by atoms with Crippen LogP contribution >= 0.6 is 0 Å². The molecule has 1 fully saturated rings. The Balaban J connectivity index is 1.72. The van der Waals surface area contributed by atoms with Crippen LogP contribution in [0.25, 0.3) is 10.8 Å². The Hall–Kier alpha value is -2.93. The number of likely N-dealkylation sites (tertiary alicyclic amines) is 1. The van der Waals surface area contributed by atoms with Crippen LogP contribution in [0.3, 0.4) is 0 Å². The molecule has 1 aliphatic rings. The lowest BCUT2D eigenvalue weighted by molar-refractivity contribution is -0.142. The van der Waals surface area contributed by atoms with E-state index in [9.17, 15) is 14.4 Å². The quantitative estimate of drug-likeness (QED) is 0.360. The van der Waals surface area contributed by atoms with Crippen LogP contribution in [0.15, 0.2) is 42.5 Å². The van der Waals surface area contributed by atoms with E-state index in [-0.39, 0.29) is 23.6 Å². The summed E-state index contributed by atoms with van der Waals surface area (Å²) in [7, 11) is 0. The zero-order chi connectivity index (χ0) is 26.8. The molecular formula is C30H44N4O3. The van der Waals surface area contributed by atoms with Crippen molar-refractivity contribution in [2.45, 2.75) is 71.9 Å². The second-order valence-corrected chi connectivity index (χ2v) is 10.5. The monoisotopic (exact) mass is 508 g/mol. The molecule has 2 atom stereocenters. The summed E-state index contributed by atoms with van der Waals surface area (Å²) in [6.45, 7) is 10.9. The van der Waals surface area contributed by atoms with Gasteiger partial charge in [0.1, 0.15) is 12.1 Å². The molecule has 3 rings (SSSR count). The number of carbonyl (C=O) groups is 3. The van der Waals surface area contributed by atoms with E-state index in [1.807, 2.05) is 44.2 Å². The van der Waals surface area contributed by atoms with E-state index in [1.165, 1.54) is 0 Å². The molecule has 0 radical (unpaired) electrons. The Morgan fingerprint density at radius 1 is 1.00 bits per heavy atom. The predicted molar refractivity (Wildman–Crippen MR) is 149 cm³/mol. The molecule has 7 heteroatoms. The maximum Gasteiger partial charge on any atom is 0.243 e. The summed E-state index contributed by atoms with van der Waals surface area (Å²) < 4.78 is 0. The Bertz CT molecular complexity index is 1050. The molecule has 1 heterocycles. The second-order valence-electron chi connectivity index (χ2n) is 10.5. The molecular weight excluding hydrogens is 464 g/mol. The average Bonchev–Trinajstić information content (AvgIpc) is 3.38. The second kappa shape index (κ2) is 14.1. The van der Waals surface area contributed by atoms with Crippen molar-refractivity contribution in [2.24, 2.45) is 11.8 Å². The third kappa shape index (κ3) is 8.03. The molecule has 0 spiro atoms. The molecule has 0 bridgehead atoms. The van der Waals surface area contributed by atoms with Crippen molar-refractivity contribution in [3.8, 4) is 0 Å². The Labute approximate surface area is 221 Å². The Morgan fingerprint density at radius 3 is 2.43 bits per heavy atom. The summed E-state index contributed by atoms with van der Waals surface area (Å²) in [5.74, 6) is 0.0740. The molecule has 2 unspecified atom stereocenters. The molecule has 0 saturated carbocycles. The molecule has 3 amide bonds. The van der Waals surface area contributed by atoms with Crippen molar-refractivity contribution in [3.63, 3.8) is 0 Å². The van der Waals surface area contributed by atoms with Gasteiger partial charge in [-0.25, -0.2) is 0 Å². The highest BCUT2D eigenvalue weighted by Gasteiger charge is 2.37. The van der Waals surface area contributed by atoms with Gasteiger partial charge in [-0.15, -0.1) is 0 Å². The van der Waals surface area contributed by atoms with Crippen molar-refractivity contribution in [1.29, 1.82) is 0 Å². The van der Waals surface area contributed by atoms with E-state index in [0.29, 0.717) is 38.4 Å². The average molecular weight is 509 g/mol. The molecule has 202 valence electrons. The predicted octanol–water partition coefficient (Wildman–Crippen LogP) is 3.66. The molecule has 7 nitrogen and oxygen atoms in total. The van der Waals surface area contributed by atoms with Gasteiger partial charge in [-0.05, 0) is 54.5 Å². The van der Waals surface area contributed by atoms with E-state index >= 15 is 0 Å². The summed E-state index contributed by atoms with van der Waals surface area (Å²) in [5, 5.41) is 11.6. The fourth-order valence-electron chi connectivity index (χ4n) is 5.04. The number of carbonyl (C=O) groups excluding carboxylic acids is 3. The summed E-state index contributed by atoms with van der Waals surface area (Å²) >= 11 is 0. The first-order chi connectivity index (χ1) is 17.8. The Kier molecular flexibility index (Phi) is 10.9. The zero-order valence-electron chi connectivity index (χ0n) is 22.9. The molecule has 0 aromatic heterocycles. The summed E-state index contributed by atoms with van der Waals surface area (Å²) in [6.07, 6.45) is 3.33. The minimum absolute atomic E-state index is 0.0504. The number of hydrogen-bond acceptors (Lipinski definition) is 4. The number of nitrogens with zero attached hydrogens (tertiary/aromatic N) is 1. The molecule has 2 aromatic rings. The lowest BCUT2D eigenvalue weighted by atomic mass is 10.00. The minimum atomic E-state index is -0.718. The van der Waals surface area contributed by atoms with Gasteiger partial charge in [0.15, 0.2) is 0 Å². The van der Waals surface area contributed by atoms with Gasteiger partial charge in [-0.1, -0.05) is 70.2 Å². The molecule has 2 aromatic carbocycles. The summed E-state index contributed by atoms with van der Waals surface area (Å²) in [6, 6.07) is 13.0. The highest BCUT2D eigenvalue weighted by atomic mass is 16.2. The van der Waals surface area contributed by atoms with Gasteiger partial charge in [0, 0.05) is 32.0 Å². The van der Waals surface area contributed by atoms with Crippen molar-refractivity contribution in [1.82, 2.24) is 20.9 Å². The number of benzene rings is 2. The van der Waals surface area contributed by atoms with Crippen LogP contribution in [0.1, 0.15) is 58.9 Å². The summed E-state index contributed by atoms with van der Waals surface area (Å²) in [5.41, 5.74) is 0.980. The first kappa shape index (κ1) is 28.6. The molecule has 0 aliphatic carbocycles. The first-order valence-electron chi connectivity index (χ1n) is 13.9. The number of amides is 3. The van der Waals surface area contributed by atoms with Gasteiger partial charge in [0.25, 0.3) is 0 Å². The third-order valence-corrected chi connectivity index (χ3v) is 7.21. The molecule has 1 aliphatic heterocycles. The maximum absolute atomic E-state index is 13.4. The van der Waals surface area contributed by atoms with Crippen molar-refractivity contribution in [3.05, 3.63) is 48.0 Å². The molecule has 1 saturated heterocycles. The zero-order valence-corrected chi connectivity index (χ0v) is 22.9. The summed E-state index contributed by atoms with van der Waals surface area (Å²) in [4.78, 5) is 41.5. The fourth-order valence-corrected chi connectivity index (χ4v) is 5.04. The van der Waals surface area contributed by atoms with Crippen LogP contribution in [-0.4, -0.2) is 60.9 Å². The van der Waals surface area contributed by atoms with Crippen molar-refractivity contribution in [2.75, 3.05) is 26.2 Å². The van der Waals surface area contributed by atoms with E-state index in [1.54, 1.807) is 4.90 Å². The van der Waals surface area contributed by atoms with Crippen LogP contribution in [0.5, 0.6) is 0 Å². The lowest BCUT2D eigenvalue weighted by Crippen LogP contribution is -2.54. The molecule has 37 heavy (non-hydrogen) atoms. The smallest absolute Gasteiger partial charge is 0.243 e. The normalized spacial score (nSPS) is 16.4. The van der Waals surface area contributed by atoms with E-state index < -0.39 is 12.1 Å². The van der Waals surface area contributed by atoms with Gasteiger partial charge in [0.2, 0.25) is 17.7 Å². The van der Waals surface area contributed by atoms with Crippen LogP contribution < -0.4 is 16.0 Å². The van der Waals surface area contributed by atoms with E-state index in [4.69, 9.17) is 0 Å². The van der Waals surface area contributed by atoms with Crippen LogP contribution in [0.4, 0.5) is 0 Å². The van der Waals surface area contributed by atoms with E-state index in [2.05, 4.69) is 41.9 Å². The minimum Gasteiger partial charge on any atom is -0.353 e. The first-order valence-corrected chi connectivity index (χ1v) is 13.9. The Morgan fingerprint density at radius 2 is 1.73 bits per heavy atom. The van der Waals surface area contributed by atoms with Crippen molar-refractivity contribution >= 4 is 28.5 Å². The number of rotatable bonds is 13. The van der Waals surface area contributed by atoms with E-state index in [0.717, 1.165) is 42.1 Å². The van der Waals surface area contributed by atoms with Gasteiger partial charge >= 0.3 is 0 Å². The van der Waals surface area contributed by atoms with Crippen LogP contribution in [0, 0.1) is 11.8 Å².